The number of aromatic nitrogens is 1. The zero-order valence-electron chi connectivity index (χ0n) is 18.1. The van der Waals surface area contributed by atoms with Crippen LogP contribution >= 0.6 is 11.6 Å². The number of aromatic amines is 1. The van der Waals surface area contributed by atoms with E-state index in [1.54, 1.807) is 0 Å². The number of ether oxygens (including phenoxy) is 2. The normalized spacial score (nSPS) is 15.6. The smallest absolute Gasteiger partial charge is 0.313 e. The van der Waals surface area contributed by atoms with Crippen molar-refractivity contribution in [3.05, 3.63) is 64.3 Å². The number of H-pyrrole nitrogens is 1. The third-order valence-electron chi connectivity index (χ3n) is 6.00. The predicted octanol–water partition coefficient (Wildman–Crippen LogP) is 6.94. The molecule has 0 bridgehead atoms. The lowest BCUT2D eigenvalue weighted by Crippen LogP contribution is -2.20. The molecule has 0 fully saturated rings. The first-order valence-electron chi connectivity index (χ1n) is 11.3. The second kappa shape index (κ2) is 10.2. The van der Waals surface area contributed by atoms with E-state index in [0.717, 1.165) is 59.2 Å². The second-order valence-electron chi connectivity index (χ2n) is 8.29. The first-order valence-corrected chi connectivity index (χ1v) is 11.7. The Balaban J connectivity index is 1.54. The molecule has 1 N–H and O–H groups in total. The molecule has 3 aromatic rings. The van der Waals surface area contributed by atoms with Crippen LogP contribution in [-0.4, -0.2) is 17.6 Å². The summed E-state index contributed by atoms with van der Waals surface area (Å²) in [4.78, 5) is 16.5. The maximum absolute atomic E-state index is 13.0. The van der Waals surface area contributed by atoms with Gasteiger partial charge in [-0.2, -0.15) is 0 Å². The molecule has 0 radical (unpaired) electrons. The first kappa shape index (κ1) is 21.8. The number of halogens is 1. The van der Waals surface area contributed by atoms with Gasteiger partial charge in [-0.3, -0.25) is 4.79 Å². The number of hydrogen-bond donors (Lipinski definition) is 1. The highest BCUT2D eigenvalue weighted by atomic mass is 35.5. The third-order valence-corrected chi connectivity index (χ3v) is 6.30. The summed E-state index contributed by atoms with van der Waals surface area (Å²) >= 11 is 6.59. The van der Waals surface area contributed by atoms with E-state index >= 15 is 0 Å². The van der Waals surface area contributed by atoms with Crippen LogP contribution in [0.15, 0.2) is 42.5 Å². The van der Waals surface area contributed by atoms with Crippen LogP contribution < -0.4 is 4.74 Å². The van der Waals surface area contributed by atoms with Gasteiger partial charge in [0.25, 0.3) is 0 Å². The number of esters is 1. The number of rotatable bonds is 9. The van der Waals surface area contributed by atoms with Gasteiger partial charge in [0.1, 0.15) is 12.4 Å². The minimum absolute atomic E-state index is 0.173. The Bertz CT molecular complexity index is 1030. The van der Waals surface area contributed by atoms with Crippen molar-refractivity contribution in [3.8, 4) is 5.75 Å². The van der Waals surface area contributed by atoms with Crippen molar-refractivity contribution < 1.29 is 14.3 Å². The van der Waals surface area contributed by atoms with Crippen molar-refractivity contribution in [3.63, 3.8) is 0 Å². The van der Waals surface area contributed by atoms with E-state index in [1.807, 2.05) is 42.5 Å². The fraction of sp³-hybridized carbons (Fsp3) is 0.423. The largest absolute Gasteiger partial charge is 0.494 e. The maximum Gasteiger partial charge on any atom is 0.313 e. The van der Waals surface area contributed by atoms with Crippen molar-refractivity contribution in [1.82, 2.24) is 4.98 Å². The molecule has 31 heavy (non-hydrogen) atoms. The standard InChI is InChI=1S/C26H30ClNO3/c1-2-3-4-8-14-30-19-15-21-24-20(26(29)31-17-18-10-6-5-7-11-18)12-9-13-23(24)28-25(21)22(27)16-19/h5-7,10-11,15-16,20,28H,2-4,8-9,12-14,17H2,1H3. The molecule has 0 aliphatic heterocycles. The van der Waals surface area contributed by atoms with Crippen LogP contribution in [0, 0.1) is 0 Å². The van der Waals surface area contributed by atoms with Crippen LogP contribution in [0.3, 0.4) is 0 Å². The Morgan fingerprint density at radius 3 is 2.81 bits per heavy atom. The Morgan fingerprint density at radius 1 is 1.16 bits per heavy atom. The summed E-state index contributed by atoms with van der Waals surface area (Å²) in [5, 5.41) is 1.61. The van der Waals surface area contributed by atoms with Crippen molar-refractivity contribution in [2.24, 2.45) is 0 Å². The van der Waals surface area contributed by atoms with Crippen LogP contribution in [0.25, 0.3) is 10.9 Å². The van der Waals surface area contributed by atoms with E-state index in [9.17, 15) is 4.79 Å². The monoisotopic (exact) mass is 439 g/mol. The van der Waals surface area contributed by atoms with Crippen LogP contribution in [0.5, 0.6) is 5.75 Å². The number of hydrogen-bond acceptors (Lipinski definition) is 3. The molecular formula is C26H30ClNO3. The van der Waals surface area contributed by atoms with E-state index in [-0.39, 0.29) is 11.9 Å². The third kappa shape index (κ3) is 5.07. The van der Waals surface area contributed by atoms with Gasteiger partial charge in [-0.25, -0.2) is 0 Å². The molecule has 1 aliphatic rings. The molecule has 164 valence electrons. The van der Waals surface area contributed by atoms with Crippen molar-refractivity contribution in [2.45, 2.75) is 64.4 Å². The number of benzene rings is 2. The zero-order valence-corrected chi connectivity index (χ0v) is 18.8. The van der Waals surface area contributed by atoms with E-state index in [2.05, 4.69) is 11.9 Å². The summed E-state index contributed by atoms with van der Waals surface area (Å²) in [6.45, 7) is 3.17. The Hall–Kier alpha value is -2.46. The molecule has 1 aromatic heterocycles. The first-order chi connectivity index (χ1) is 15.2. The van der Waals surface area contributed by atoms with Gasteiger partial charge in [-0.15, -0.1) is 0 Å². The highest BCUT2D eigenvalue weighted by Crippen LogP contribution is 2.41. The molecule has 4 rings (SSSR count). The molecule has 5 heteroatoms. The molecule has 1 unspecified atom stereocenters. The minimum atomic E-state index is -0.280. The Labute approximate surface area is 188 Å². The molecular weight excluding hydrogens is 410 g/mol. The molecule has 4 nitrogen and oxygen atoms in total. The second-order valence-corrected chi connectivity index (χ2v) is 8.70. The van der Waals surface area contributed by atoms with Crippen LogP contribution in [0.4, 0.5) is 0 Å². The van der Waals surface area contributed by atoms with Crippen molar-refractivity contribution >= 4 is 28.5 Å². The van der Waals surface area contributed by atoms with Gasteiger partial charge in [0.05, 0.1) is 23.1 Å². The number of fused-ring (bicyclic) bond motifs is 3. The van der Waals surface area contributed by atoms with Crippen molar-refractivity contribution in [2.75, 3.05) is 6.61 Å². The number of nitrogens with one attached hydrogen (secondary N) is 1. The molecule has 1 heterocycles. The van der Waals surface area contributed by atoms with E-state index in [0.29, 0.717) is 18.2 Å². The minimum Gasteiger partial charge on any atom is -0.494 e. The summed E-state index contributed by atoms with van der Waals surface area (Å²) in [5.41, 5.74) is 3.99. The average molecular weight is 440 g/mol. The lowest BCUT2D eigenvalue weighted by atomic mass is 9.85. The fourth-order valence-electron chi connectivity index (χ4n) is 4.39. The quantitative estimate of drug-likeness (QED) is 0.290. The molecule has 1 atom stereocenters. The molecule has 0 saturated heterocycles. The van der Waals surface area contributed by atoms with Crippen LogP contribution in [0.2, 0.25) is 5.02 Å². The summed E-state index contributed by atoms with van der Waals surface area (Å²) in [5.74, 6) is 0.308. The van der Waals surface area contributed by atoms with Gasteiger partial charge >= 0.3 is 5.97 Å². The van der Waals surface area contributed by atoms with Gasteiger partial charge in [0, 0.05) is 17.1 Å². The molecule has 0 amide bonds. The molecule has 1 aliphatic carbocycles. The Kier molecular flexibility index (Phi) is 7.18. The van der Waals surface area contributed by atoms with Gasteiger partial charge in [0.15, 0.2) is 0 Å². The number of carbonyl (C=O) groups excluding carboxylic acids is 1. The highest BCUT2D eigenvalue weighted by Gasteiger charge is 2.32. The zero-order chi connectivity index (χ0) is 21.6. The van der Waals surface area contributed by atoms with Gasteiger partial charge in [-0.1, -0.05) is 68.1 Å². The SMILES string of the molecule is CCCCCCOc1cc(Cl)c2[nH]c3c(c2c1)C(C(=O)OCc1ccccc1)CCC3. The molecule has 0 spiro atoms. The number of carbonyl (C=O) groups is 1. The highest BCUT2D eigenvalue weighted by molar-refractivity contribution is 6.35. The van der Waals surface area contributed by atoms with Gasteiger partial charge < -0.3 is 14.5 Å². The lowest BCUT2D eigenvalue weighted by molar-refractivity contribution is -0.147. The van der Waals surface area contributed by atoms with Crippen LogP contribution in [-0.2, 0) is 22.6 Å². The van der Waals surface area contributed by atoms with E-state index in [1.165, 1.54) is 19.3 Å². The van der Waals surface area contributed by atoms with Gasteiger partial charge in [0.2, 0.25) is 0 Å². The summed E-state index contributed by atoms with van der Waals surface area (Å²) < 4.78 is 11.7. The average Bonchev–Trinajstić information content (AvgIpc) is 3.17. The van der Waals surface area contributed by atoms with Crippen LogP contribution in [0.1, 0.15) is 68.2 Å². The predicted molar refractivity (Wildman–Crippen MR) is 125 cm³/mol. The summed E-state index contributed by atoms with van der Waals surface area (Å²) in [6.07, 6.45) is 7.27. The van der Waals surface area contributed by atoms with Crippen molar-refractivity contribution in [1.29, 1.82) is 0 Å². The van der Waals surface area contributed by atoms with E-state index in [4.69, 9.17) is 21.1 Å². The Morgan fingerprint density at radius 2 is 2.00 bits per heavy atom. The maximum atomic E-state index is 13.0. The summed E-state index contributed by atoms with van der Waals surface area (Å²) in [6, 6.07) is 13.7. The van der Waals surface area contributed by atoms with Gasteiger partial charge in [-0.05, 0) is 42.9 Å². The lowest BCUT2D eigenvalue weighted by Gasteiger charge is -2.22. The molecule has 0 saturated carbocycles. The van der Waals surface area contributed by atoms with E-state index < -0.39 is 0 Å². The topological polar surface area (TPSA) is 51.3 Å². The fourth-order valence-corrected chi connectivity index (χ4v) is 4.65. The number of unbranched alkanes of at least 4 members (excludes halogenated alkanes) is 3. The molecule has 2 aromatic carbocycles. The number of aryl methyl sites for hydroxylation is 1. The summed E-state index contributed by atoms with van der Waals surface area (Å²) in [7, 11) is 0.